The Bertz CT molecular complexity index is 3370. The van der Waals surface area contributed by atoms with E-state index >= 15 is 0 Å². The number of fused-ring (bicyclic) bond motifs is 5. The van der Waals surface area contributed by atoms with E-state index in [1.54, 1.807) is 0 Å². The highest BCUT2D eigenvalue weighted by Crippen LogP contribution is 2.47. The lowest BCUT2D eigenvalue weighted by atomic mass is 9.82. The van der Waals surface area contributed by atoms with Crippen LogP contribution in [0.4, 0.5) is 11.4 Å². The third kappa shape index (κ3) is 6.27. The third-order valence-electron chi connectivity index (χ3n) is 15.0. The predicted molar refractivity (Wildman–Crippen MR) is 276 cm³/mol. The topological polar surface area (TPSA) is 36.1 Å². The Balaban J connectivity index is 1.09. The first-order valence-corrected chi connectivity index (χ1v) is 22.9. The monoisotopic (exact) mass is 845 g/mol. The van der Waals surface area contributed by atoms with Crippen molar-refractivity contribution in [2.45, 2.75) is 77.5 Å². The average Bonchev–Trinajstić information content (AvgIpc) is 3.83. The second-order valence-electron chi connectivity index (χ2n) is 19.9. The van der Waals surface area contributed by atoms with Gasteiger partial charge in [-0.3, -0.25) is 9.98 Å². The van der Waals surface area contributed by atoms with Gasteiger partial charge >= 0.3 is 0 Å². The lowest BCUT2D eigenvalue weighted by Crippen LogP contribution is -2.53. The number of anilines is 2. The van der Waals surface area contributed by atoms with Crippen LogP contribution in [0.5, 0.6) is 0 Å². The zero-order valence-corrected chi connectivity index (χ0v) is 38.6. The Morgan fingerprint density at radius 3 is 1.35 bits per heavy atom. The molecule has 2 aliphatic heterocycles. The van der Waals surface area contributed by atoms with Crippen LogP contribution in [-0.4, -0.2) is 38.4 Å². The lowest BCUT2D eigenvalue weighted by molar-refractivity contribution is 0.338. The number of aliphatic imine (C=N–C) groups is 2. The molecule has 11 rings (SSSR count). The quantitative estimate of drug-likeness (QED) is 0.160. The normalized spacial score (nSPS) is 17.2. The second-order valence-corrected chi connectivity index (χ2v) is 19.9. The molecule has 0 radical (unpaired) electrons. The zero-order valence-electron chi connectivity index (χ0n) is 38.6. The molecule has 0 saturated heterocycles. The van der Waals surface area contributed by atoms with Crippen molar-refractivity contribution in [3.05, 3.63) is 199 Å². The summed E-state index contributed by atoms with van der Waals surface area (Å²) in [5.74, 6) is 2.00. The number of hydrogen-bond acceptors (Lipinski definition) is 4. The predicted octanol–water partition coefficient (Wildman–Crippen LogP) is 14.9. The van der Waals surface area contributed by atoms with Crippen molar-refractivity contribution in [3.63, 3.8) is 0 Å². The maximum Gasteiger partial charge on any atom is 0.136 e. The van der Waals surface area contributed by atoms with E-state index in [-0.39, 0.29) is 22.2 Å². The molecule has 65 heavy (non-hydrogen) atoms. The van der Waals surface area contributed by atoms with E-state index in [1.165, 1.54) is 43.7 Å². The minimum atomic E-state index is -0.308. The summed E-state index contributed by atoms with van der Waals surface area (Å²) in [4.78, 5) is 15.6. The first-order chi connectivity index (χ1) is 31.2. The molecule has 3 heterocycles. The van der Waals surface area contributed by atoms with Gasteiger partial charge in [-0.05, 0) is 137 Å². The molecule has 0 atom stereocenters. The molecule has 0 amide bonds. The average molecular weight is 846 g/mol. The van der Waals surface area contributed by atoms with Crippen molar-refractivity contribution in [1.29, 1.82) is 0 Å². The highest BCUT2D eigenvalue weighted by atomic mass is 15.3. The molecule has 0 aliphatic carbocycles. The van der Waals surface area contributed by atoms with Gasteiger partial charge in [0.05, 0.1) is 33.2 Å². The molecule has 8 aromatic carbocycles. The van der Waals surface area contributed by atoms with Crippen molar-refractivity contribution in [2.24, 2.45) is 9.98 Å². The molecule has 0 unspecified atom stereocenters. The first kappa shape index (κ1) is 40.5. The summed E-state index contributed by atoms with van der Waals surface area (Å²) in [6.07, 6.45) is 0. The molecule has 0 saturated carbocycles. The first-order valence-electron chi connectivity index (χ1n) is 22.9. The van der Waals surface area contributed by atoms with E-state index < -0.39 is 0 Å². The van der Waals surface area contributed by atoms with Crippen molar-refractivity contribution in [1.82, 2.24) is 4.57 Å². The molecule has 320 valence electrons. The van der Waals surface area contributed by atoms with Crippen molar-refractivity contribution >= 4 is 55.6 Å². The number of amidine groups is 2. The van der Waals surface area contributed by atoms with Crippen LogP contribution >= 0.6 is 0 Å². The van der Waals surface area contributed by atoms with Crippen LogP contribution in [0, 0.1) is 0 Å². The van der Waals surface area contributed by atoms with E-state index in [0.717, 1.165) is 51.0 Å². The summed E-state index contributed by atoms with van der Waals surface area (Å²) >= 11 is 0. The van der Waals surface area contributed by atoms with Crippen molar-refractivity contribution in [3.8, 4) is 27.9 Å². The van der Waals surface area contributed by atoms with Gasteiger partial charge in [-0.2, -0.15) is 0 Å². The largest absolute Gasteiger partial charge is 0.318 e. The molecule has 0 fully saturated rings. The number of hydrogen-bond donors (Lipinski definition) is 0. The van der Waals surface area contributed by atoms with Crippen molar-refractivity contribution in [2.75, 3.05) is 9.80 Å². The summed E-state index contributed by atoms with van der Waals surface area (Å²) in [5.41, 5.74) is 11.5. The molecule has 9 aromatic rings. The van der Waals surface area contributed by atoms with Crippen LogP contribution in [0.1, 0.15) is 66.5 Å². The molecule has 1 aromatic heterocycles. The Hall–Kier alpha value is -7.24. The molecule has 2 aliphatic rings. The lowest BCUT2D eigenvalue weighted by Gasteiger charge is -2.41. The molecule has 0 N–H and O–H groups in total. The Kier molecular flexibility index (Phi) is 9.13. The van der Waals surface area contributed by atoms with Gasteiger partial charge in [0.2, 0.25) is 0 Å². The minimum absolute atomic E-state index is 0.266. The second kappa shape index (κ2) is 14.6. The van der Waals surface area contributed by atoms with Crippen LogP contribution in [0.3, 0.4) is 0 Å². The highest BCUT2D eigenvalue weighted by Gasteiger charge is 2.51. The molecular weight excluding hydrogens is 791 g/mol. The van der Waals surface area contributed by atoms with Gasteiger partial charge < -0.3 is 14.4 Å². The number of para-hydroxylation sites is 1. The minimum Gasteiger partial charge on any atom is -0.318 e. The van der Waals surface area contributed by atoms with Gasteiger partial charge in [0.1, 0.15) is 11.7 Å². The fourth-order valence-electron chi connectivity index (χ4n) is 10.2. The standard InChI is InChI=1S/C60H55N5/c1-57(2)59(5,6)64(55(61-57)40-22-12-9-13-23-40)46-30-20-26-42(36-46)43-34-35-50-52(38-43)63(45-28-16-11-17-29-45)53-39-51(48-32-18-19-33-49(48)54(50)53)44-27-21-31-47(37-44)65-56(41-24-14-10-15-25-41)62-58(3,4)60(65,7)8/h9-39H,1-8H3. The van der Waals surface area contributed by atoms with Crippen LogP contribution in [0.25, 0.3) is 60.5 Å². The maximum absolute atomic E-state index is 5.38. The van der Waals surface area contributed by atoms with E-state index in [1.807, 2.05) is 0 Å². The maximum atomic E-state index is 5.38. The Labute approximate surface area is 383 Å². The van der Waals surface area contributed by atoms with Gasteiger partial charge in [-0.25, -0.2) is 0 Å². The van der Waals surface area contributed by atoms with Crippen LogP contribution < -0.4 is 9.80 Å². The van der Waals surface area contributed by atoms with Crippen LogP contribution in [0.2, 0.25) is 0 Å². The van der Waals surface area contributed by atoms with E-state index in [4.69, 9.17) is 9.98 Å². The summed E-state index contributed by atoms with van der Waals surface area (Å²) in [5, 5.41) is 4.95. The molecule has 0 spiro atoms. The summed E-state index contributed by atoms with van der Waals surface area (Å²) in [6, 6.07) is 68.6. The summed E-state index contributed by atoms with van der Waals surface area (Å²) < 4.78 is 2.47. The zero-order chi connectivity index (χ0) is 44.9. The van der Waals surface area contributed by atoms with Gasteiger partial charge in [-0.15, -0.1) is 0 Å². The third-order valence-corrected chi connectivity index (χ3v) is 15.0. The van der Waals surface area contributed by atoms with E-state index in [9.17, 15) is 0 Å². The molecular formula is C60H55N5. The van der Waals surface area contributed by atoms with Gasteiger partial charge in [0, 0.05) is 39.0 Å². The van der Waals surface area contributed by atoms with Crippen LogP contribution in [-0.2, 0) is 0 Å². The number of rotatable bonds is 7. The molecule has 0 bridgehead atoms. The Morgan fingerprint density at radius 2 is 0.785 bits per heavy atom. The molecule has 5 heteroatoms. The number of benzene rings is 8. The summed E-state index contributed by atoms with van der Waals surface area (Å²) in [6.45, 7) is 18.2. The van der Waals surface area contributed by atoms with Gasteiger partial charge in [0.15, 0.2) is 0 Å². The smallest absolute Gasteiger partial charge is 0.136 e. The van der Waals surface area contributed by atoms with Gasteiger partial charge in [-0.1, -0.05) is 140 Å². The highest BCUT2D eigenvalue weighted by molar-refractivity contribution is 6.25. The molecule has 5 nitrogen and oxygen atoms in total. The van der Waals surface area contributed by atoms with E-state index in [0.29, 0.717) is 0 Å². The fraction of sp³-hybridized carbons (Fsp3) is 0.200. The van der Waals surface area contributed by atoms with E-state index in [2.05, 4.69) is 258 Å². The number of aromatic nitrogens is 1. The Morgan fingerprint density at radius 1 is 0.338 bits per heavy atom. The van der Waals surface area contributed by atoms with Gasteiger partial charge in [0.25, 0.3) is 0 Å². The van der Waals surface area contributed by atoms with Crippen LogP contribution in [0.15, 0.2) is 198 Å². The van der Waals surface area contributed by atoms with Crippen molar-refractivity contribution < 1.29 is 0 Å². The summed E-state index contributed by atoms with van der Waals surface area (Å²) in [7, 11) is 0. The SMILES string of the molecule is CC1(C)N=C(c2ccccc2)N(c2cccc(-c3ccc4c5c6ccccc6c(-c6cccc(N7C(c8ccccc8)=NC(C)(C)C7(C)C)c6)cc5n(-c5ccccc5)c4c3)c2)C1(C)C. The number of nitrogens with zero attached hydrogens (tertiary/aromatic N) is 5. The fourth-order valence-corrected chi connectivity index (χ4v) is 10.2.